The van der Waals surface area contributed by atoms with E-state index in [2.05, 4.69) is 25.9 Å². The molecule has 0 amide bonds. The maximum atomic E-state index is 5.69. The number of rotatable bonds is 2. The third kappa shape index (κ3) is 2.15. The molecule has 0 aliphatic carbocycles. The largest absolute Gasteiger partial charge is 0.259 e. The highest BCUT2D eigenvalue weighted by atomic mass is 32.1. The van der Waals surface area contributed by atoms with Crippen LogP contribution in [0.2, 0.25) is 0 Å². The Kier molecular flexibility index (Phi) is 3.17. The SMILES string of the molecule is C#CC(c1ccnc(C)n1)c1nc2c(C)nccc2s1. The summed E-state index contributed by atoms with van der Waals surface area (Å²) in [5.41, 5.74) is 2.64. The molecular weight excluding hydrogens is 268 g/mol. The molecule has 0 saturated carbocycles. The van der Waals surface area contributed by atoms with E-state index in [1.165, 1.54) is 0 Å². The van der Waals surface area contributed by atoms with Crippen molar-refractivity contribution in [2.75, 3.05) is 0 Å². The number of hydrogen-bond acceptors (Lipinski definition) is 5. The summed E-state index contributed by atoms with van der Waals surface area (Å²) in [7, 11) is 0. The Morgan fingerprint density at radius 2 is 1.95 bits per heavy atom. The van der Waals surface area contributed by atoms with Crippen molar-refractivity contribution < 1.29 is 0 Å². The summed E-state index contributed by atoms with van der Waals surface area (Å²) in [6.07, 6.45) is 9.20. The van der Waals surface area contributed by atoms with Crippen LogP contribution in [0, 0.1) is 26.2 Å². The summed E-state index contributed by atoms with van der Waals surface area (Å²) in [6.45, 7) is 3.80. The minimum Gasteiger partial charge on any atom is -0.259 e. The van der Waals surface area contributed by atoms with Crippen LogP contribution in [0.4, 0.5) is 0 Å². The van der Waals surface area contributed by atoms with Crippen LogP contribution >= 0.6 is 11.3 Å². The van der Waals surface area contributed by atoms with Gasteiger partial charge in [0.1, 0.15) is 22.3 Å². The topological polar surface area (TPSA) is 51.6 Å². The molecule has 4 nitrogen and oxygen atoms in total. The Morgan fingerprint density at radius 3 is 2.65 bits per heavy atom. The molecule has 0 aliphatic rings. The fraction of sp³-hybridized carbons (Fsp3) is 0.200. The van der Waals surface area contributed by atoms with Gasteiger partial charge in [-0.25, -0.2) is 15.0 Å². The Balaban J connectivity index is 2.13. The summed E-state index contributed by atoms with van der Waals surface area (Å²) < 4.78 is 1.10. The van der Waals surface area contributed by atoms with Gasteiger partial charge in [-0.05, 0) is 26.0 Å². The second kappa shape index (κ2) is 4.99. The number of thiazole rings is 1. The Labute approximate surface area is 121 Å². The van der Waals surface area contributed by atoms with Crippen LogP contribution in [0.15, 0.2) is 24.5 Å². The molecule has 20 heavy (non-hydrogen) atoms. The maximum absolute atomic E-state index is 5.69. The summed E-state index contributed by atoms with van der Waals surface area (Å²) >= 11 is 1.59. The second-order valence-corrected chi connectivity index (χ2v) is 5.49. The zero-order chi connectivity index (χ0) is 14.1. The molecule has 3 rings (SSSR count). The number of terminal acetylenes is 1. The third-order valence-corrected chi connectivity index (χ3v) is 4.10. The molecule has 0 spiro atoms. The van der Waals surface area contributed by atoms with Crippen molar-refractivity contribution in [1.29, 1.82) is 0 Å². The van der Waals surface area contributed by atoms with Crippen LogP contribution in [0.5, 0.6) is 0 Å². The Hall–Kier alpha value is -2.32. The second-order valence-electron chi connectivity index (χ2n) is 4.42. The molecule has 1 atom stereocenters. The zero-order valence-electron chi connectivity index (χ0n) is 11.2. The molecule has 0 aliphatic heterocycles. The lowest BCUT2D eigenvalue weighted by Gasteiger charge is -2.06. The summed E-state index contributed by atoms with van der Waals surface area (Å²) in [5, 5.41) is 0.872. The average molecular weight is 280 g/mol. The molecule has 3 aromatic rings. The van der Waals surface area contributed by atoms with Crippen LogP contribution in [-0.2, 0) is 0 Å². The first-order chi connectivity index (χ1) is 9.69. The van der Waals surface area contributed by atoms with Crippen molar-refractivity contribution in [3.63, 3.8) is 0 Å². The molecule has 0 N–H and O–H groups in total. The van der Waals surface area contributed by atoms with Crippen molar-refractivity contribution in [3.05, 3.63) is 46.7 Å². The van der Waals surface area contributed by atoms with E-state index in [-0.39, 0.29) is 5.92 Å². The molecule has 3 aromatic heterocycles. The van der Waals surface area contributed by atoms with E-state index in [9.17, 15) is 0 Å². The molecule has 98 valence electrons. The summed E-state index contributed by atoms with van der Waals surface area (Å²) in [4.78, 5) is 17.4. The maximum Gasteiger partial charge on any atom is 0.125 e. The molecule has 0 bridgehead atoms. The van der Waals surface area contributed by atoms with Crippen LogP contribution in [-0.4, -0.2) is 19.9 Å². The Morgan fingerprint density at radius 1 is 1.15 bits per heavy atom. The number of hydrogen-bond donors (Lipinski definition) is 0. The number of fused-ring (bicyclic) bond motifs is 1. The smallest absolute Gasteiger partial charge is 0.125 e. The van der Waals surface area contributed by atoms with Crippen LogP contribution in [0.1, 0.15) is 28.1 Å². The van der Waals surface area contributed by atoms with Gasteiger partial charge < -0.3 is 0 Å². The van der Waals surface area contributed by atoms with E-state index < -0.39 is 0 Å². The number of nitrogens with zero attached hydrogens (tertiary/aromatic N) is 4. The number of aryl methyl sites for hydroxylation is 2. The first kappa shape index (κ1) is 12.7. The standard InChI is InChI=1S/C15H12N4S/c1-4-11(12-5-7-17-10(3)18-12)15-19-14-9(2)16-8-6-13(14)20-15/h1,5-8,11H,2-3H3. The molecule has 3 heterocycles. The van der Waals surface area contributed by atoms with Crippen molar-refractivity contribution in [2.45, 2.75) is 19.8 Å². The van der Waals surface area contributed by atoms with Gasteiger partial charge in [0, 0.05) is 12.4 Å². The van der Waals surface area contributed by atoms with Gasteiger partial charge in [0.25, 0.3) is 0 Å². The van der Waals surface area contributed by atoms with E-state index in [1.54, 1.807) is 23.7 Å². The van der Waals surface area contributed by atoms with Crippen molar-refractivity contribution >= 4 is 21.6 Å². The molecule has 1 unspecified atom stereocenters. The van der Waals surface area contributed by atoms with Crippen molar-refractivity contribution in [3.8, 4) is 12.3 Å². The molecule has 0 radical (unpaired) electrons. The number of aromatic nitrogens is 4. The Bertz CT molecular complexity index is 816. The third-order valence-electron chi connectivity index (χ3n) is 3.01. The zero-order valence-corrected chi connectivity index (χ0v) is 12.0. The lowest BCUT2D eigenvalue weighted by molar-refractivity contribution is 0.914. The van der Waals surface area contributed by atoms with Crippen molar-refractivity contribution in [2.24, 2.45) is 0 Å². The van der Waals surface area contributed by atoms with Gasteiger partial charge in [-0.15, -0.1) is 17.8 Å². The van der Waals surface area contributed by atoms with E-state index in [4.69, 9.17) is 6.42 Å². The van der Waals surface area contributed by atoms with Gasteiger partial charge in [0.2, 0.25) is 0 Å². The highest BCUT2D eigenvalue weighted by molar-refractivity contribution is 7.18. The van der Waals surface area contributed by atoms with Gasteiger partial charge in [-0.2, -0.15) is 0 Å². The van der Waals surface area contributed by atoms with Crippen LogP contribution in [0.3, 0.4) is 0 Å². The molecule has 0 saturated heterocycles. The minimum absolute atomic E-state index is 0.242. The highest BCUT2D eigenvalue weighted by Crippen LogP contribution is 2.31. The van der Waals surface area contributed by atoms with E-state index in [0.717, 1.165) is 26.6 Å². The van der Waals surface area contributed by atoms with E-state index in [0.29, 0.717) is 5.82 Å². The quantitative estimate of drug-likeness (QED) is 0.677. The van der Waals surface area contributed by atoms with Gasteiger partial charge in [0.05, 0.1) is 16.1 Å². The van der Waals surface area contributed by atoms with Crippen molar-refractivity contribution in [1.82, 2.24) is 19.9 Å². The average Bonchev–Trinajstić information content (AvgIpc) is 2.85. The predicted octanol–water partition coefficient (Wildman–Crippen LogP) is 2.86. The van der Waals surface area contributed by atoms with Gasteiger partial charge in [0.15, 0.2) is 0 Å². The van der Waals surface area contributed by atoms with Gasteiger partial charge in [-0.3, -0.25) is 4.98 Å². The molecule has 0 fully saturated rings. The lowest BCUT2D eigenvalue weighted by atomic mass is 10.1. The minimum atomic E-state index is -0.242. The van der Waals surface area contributed by atoms with Gasteiger partial charge >= 0.3 is 0 Å². The normalized spacial score (nSPS) is 12.2. The van der Waals surface area contributed by atoms with E-state index in [1.807, 2.05) is 26.0 Å². The predicted molar refractivity (Wildman–Crippen MR) is 79.6 cm³/mol. The summed E-state index contributed by atoms with van der Waals surface area (Å²) in [5.74, 6) is 3.25. The summed E-state index contributed by atoms with van der Waals surface area (Å²) in [6, 6.07) is 3.80. The van der Waals surface area contributed by atoms with Crippen LogP contribution in [0.25, 0.3) is 10.2 Å². The molecular formula is C15H12N4S. The van der Waals surface area contributed by atoms with E-state index >= 15 is 0 Å². The fourth-order valence-electron chi connectivity index (χ4n) is 2.04. The molecule has 0 aromatic carbocycles. The van der Waals surface area contributed by atoms with Crippen LogP contribution < -0.4 is 0 Å². The number of pyridine rings is 1. The molecule has 5 heteroatoms. The first-order valence-corrected chi connectivity index (χ1v) is 6.98. The fourth-order valence-corrected chi connectivity index (χ4v) is 3.13. The van der Waals surface area contributed by atoms with Gasteiger partial charge in [-0.1, -0.05) is 5.92 Å². The first-order valence-electron chi connectivity index (χ1n) is 6.17. The highest BCUT2D eigenvalue weighted by Gasteiger charge is 2.18. The lowest BCUT2D eigenvalue weighted by Crippen LogP contribution is -2.02. The monoisotopic (exact) mass is 280 g/mol.